The third-order valence-electron chi connectivity index (χ3n) is 5.68. The van der Waals surface area contributed by atoms with E-state index < -0.39 is 0 Å². The van der Waals surface area contributed by atoms with Gasteiger partial charge in [-0.25, -0.2) is 15.0 Å². The molecule has 1 amide bonds. The number of amides is 1. The first-order chi connectivity index (χ1) is 17.6. The highest BCUT2D eigenvalue weighted by molar-refractivity contribution is 6.03. The van der Waals surface area contributed by atoms with E-state index in [-0.39, 0.29) is 17.6 Å². The summed E-state index contributed by atoms with van der Waals surface area (Å²) in [7, 11) is 0. The Bertz CT molecular complexity index is 1480. The van der Waals surface area contributed by atoms with Gasteiger partial charge in [0.05, 0.1) is 31.3 Å². The zero-order valence-corrected chi connectivity index (χ0v) is 20.1. The molecule has 5 rings (SSSR count). The Morgan fingerprint density at radius 2 is 1.92 bits per heavy atom. The van der Waals surface area contributed by atoms with Crippen LogP contribution in [0.15, 0.2) is 73.4 Å². The summed E-state index contributed by atoms with van der Waals surface area (Å²) in [5.74, 6) is 0.680. The van der Waals surface area contributed by atoms with Crippen molar-refractivity contribution in [2.45, 2.75) is 33.0 Å². The maximum absolute atomic E-state index is 13.0. The monoisotopic (exact) mass is 482 g/mol. The average Bonchev–Trinajstić information content (AvgIpc) is 3.55. The van der Waals surface area contributed by atoms with Crippen LogP contribution in [0.4, 0.5) is 5.82 Å². The summed E-state index contributed by atoms with van der Waals surface area (Å²) in [6.07, 6.45) is 5.00. The third kappa shape index (κ3) is 5.13. The molecule has 0 bridgehead atoms. The summed E-state index contributed by atoms with van der Waals surface area (Å²) >= 11 is 0. The maximum atomic E-state index is 13.0. The first kappa shape index (κ1) is 23.3. The lowest BCUT2D eigenvalue weighted by Gasteiger charge is -2.10. The number of fused-ring (bicyclic) bond motifs is 1. The molecule has 10 heteroatoms. The number of rotatable bonds is 9. The average molecular weight is 483 g/mol. The van der Waals surface area contributed by atoms with E-state index in [0.29, 0.717) is 42.6 Å². The van der Waals surface area contributed by atoms with Gasteiger partial charge in [0.25, 0.3) is 5.91 Å². The molecular formula is C26H26N8O2. The van der Waals surface area contributed by atoms with Crippen molar-refractivity contribution >= 4 is 22.8 Å². The van der Waals surface area contributed by atoms with Gasteiger partial charge in [0.15, 0.2) is 5.82 Å². The van der Waals surface area contributed by atoms with Crippen molar-refractivity contribution in [2.24, 2.45) is 0 Å². The molecule has 0 spiro atoms. The number of hydrogen-bond acceptors (Lipinski definition) is 7. The van der Waals surface area contributed by atoms with Crippen LogP contribution in [0.1, 0.15) is 35.9 Å². The number of ether oxygens (including phenoxy) is 1. The summed E-state index contributed by atoms with van der Waals surface area (Å²) < 4.78 is 9.68. The number of imidazole rings is 1. The van der Waals surface area contributed by atoms with Crippen molar-refractivity contribution in [1.29, 1.82) is 0 Å². The lowest BCUT2D eigenvalue weighted by Crippen LogP contribution is -2.15. The largest absolute Gasteiger partial charge is 0.375 e. The quantitative estimate of drug-likeness (QED) is 0.314. The summed E-state index contributed by atoms with van der Waals surface area (Å²) in [5.41, 5.74) is 3.54. The molecule has 5 aromatic rings. The lowest BCUT2D eigenvalue weighted by atomic mass is 10.2. The van der Waals surface area contributed by atoms with E-state index in [1.165, 1.54) is 0 Å². The molecule has 4 heterocycles. The Morgan fingerprint density at radius 3 is 2.75 bits per heavy atom. The smallest absolute Gasteiger partial charge is 0.275 e. The van der Waals surface area contributed by atoms with Crippen LogP contribution in [-0.4, -0.2) is 46.8 Å². The minimum absolute atomic E-state index is 0.180. The van der Waals surface area contributed by atoms with Gasteiger partial charge < -0.3 is 19.2 Å². The van der Waals surface area contributed by atoms with Crippen LogP contribution in [0.5, 0.6) is 0 Å². The second-order valence-corrected chi connectivity index (χ2v) is 8.55. The van der Waals surface area contributed by atoms with Crippen molar-refractivity contribution in [2.75, 3.05) is 11.9 Å². The molecule has 0 aliphatic rings. The van der Waals surface area contributed by atoms with E-state index in [0.717, 1.165) is 11.1 Å². The standard InChI is InChI=1S/C26H26N8O2/c1-18(2)34-17-29-32-25(34)20-9-6-10-24(30-20)31-26(35)21-13-23-22(14-27-21)28-16-33(23)11-12-36-15-19-7-4-3-5-8-19/h3-10,13-14,16-18H,11-12,15H2,1-2H3,(H,30,31,35). The highest BCUT2D eigenvalue weighted by atomic mass is 16.5. The third-order valence-corrected chi connectivity index (χ3v) is 5.68. The minimum atomic E-state index is -0.361. The highest BCUT2D eigenvalue weighted by Crippen LogP contribution is 2.20. The van der Waals surface area contributed by atoms with Crippen molar-refractivity contribution in [3.05, 3.63) is 84.7 Å². The zero-order valence-electron chi connectivity index (χ0n) is 20.1. The van der Waals surface area contributed by atoms with Crippen LogP contribution >= 0.6 is 0 Å². The molecule has 0 unspecified atom stereocenters. The van der Waals surface area contributed by atoms with E-state index >= 15 is 0 Å². The van der Waals surface area contributed by atoms with Gasteiger partial charge in [0, 0.05) is 12.6 Å². The normalized spacial score (nSPS) is 11.3. The molecule has 10 nitrogen and oxygen atoms in total. The second kappa shape index (κ2) is 10.4. The number of nitrogens with one attached hydrogen (secondary N) is 1. The predicted molar refractivity (Wildman–Crippen MR) is 135 cm³/mol. The van der Waals surface area contributed by atoms with Crippen LogP contribution < -0.4 is 5.32 Å². The Morgan fingerprint density at radius 1 is 1.06 bits per heavy atom. The number of hydrogen-bond donors (Lipinski definition) is 1. The molecule has 0 fully saturated rings. The number of carbonyl (C=O) groups excluding carboxylic acids is 1. The first-order valence-electron chi connectivity index (χ1n) is 11.7. The highest BCUT2D eigenvalue weighted by Gasteiger charge is 2.15. The Kier molecular flexibility index (Phi) is 6.76. The van der Waals surface area contributed by atoms with Crippen LogP contribution in [-0.2, 0) is 17.9 Å². The van der Waals surface area contributed by atoms with E-state index in [1.807, 2.05) is 65.4 Å². The molecule has 1 N–H and O–H groups in total. The Balaban J connectivity index is 1.27. The predicted octanol–water partition coefficient (Wildman–Crippen LogP) is 4.13. The zero-order chi connectivity index (χ0) is 24.9. The van der Waals surface area contributed by atoms with Gasteiger partial charge in [-0.2, -0.15) is 0 Å². The molecular weight excluding hydrogens is 456 g/mol. The summed E-state index contributed by atoms with van der Waals surface area (Å²) in [6.45, 7) is 5.75. The van der Waals surface area contributed by atoms with E-state index in [4.69, 9.17) is 4.74 Å². The molecule has 0 radical (unpaired) electrons. The summed E-state index contributed by atoms with van der Waals surface area (Å²) in [6, 6.07) is 17.3. The fraction of sp³-hybridized carbons (Fsp3) is 0.231. The number of carbonyl (C=O) groups is 1. The van der Waals surface area contributed by atoms with E-state index in [2.05, 4.69) is 30.5 Å². The molecule has 0 aliphatic carbocycles. The molecule has 0 atom stereocenters. The van der Waals surface area contributed by atoms with Crippen molar-refractivity contribution in [3.8, 4) is 11.5 Å². The molecule has 1 aromatic carbocycles. The number of nitrogens with zero attached hydrogens (tertiary/aromatic N) is 7. The van der Waals surface area contributed by atoms with Gasteiger partial charge >= 0.3 is 0 Å². The van der Waals surface area contributed by atoms with Crippen LogP contribution in [0.25, 0.3) is 22.6 Å². The summed E-state index contributed by atoms with van der Waals surface area (Å²) in [4.78, 5) is 26.2. The molecule has 36 heavy (non-hydrogen) atoms. The second-order valence-electron chi connectivity index (χ2n) is 8.55. The summed E-state index contributed by atoms with van der Waals surface area (Å²) in [5, 5.41) is 11.0. The first-order valence-corrected chi connectivity index (χ1v) is 11.7. The number of aromatic nitrogens is 7. The fourth-order valence-corrected chi connectivity index (χ4v) is 3.80. The SMILES string of the molecule is CC(C)n1cnnc1-c1cccc(NC(=O)c2cc3c(cn2)ncn3CCOCc2ccccc2)n1. The molecule has 0 aliphatic heterocycles. The number of benzene rings is 1. The number of anilines is 1. The van der Waals surface area contributed by atoms with Gasteiger partial charge in [-0.15, -0.1) is 10.2 Å². The molecule has 182 valence electrons. The van der Waals surface area contributed by atoms with Crippen LogP contribution in [0.2, 0.25) is 0 Å². The van der Waals surface area contributed by atoms with Gasteiger partial charge in [-0.1, -0.05) is 36.4 Å². The van der Waals surface area contributed by atoms with Crippen molar-refractivity contribution in [3.63, 3.8) is 0 Å². The molecule has 0 saturated carbocycles. The van der Waals surface area contributed by atoms with Gasteiger partial charge in [0.2, 0.25) is 0 Å². The van der Waals surface area contributed by atoms with E-state index in [1.54, 1.807) is 31.0 Å². The van der Waals surface area contributed by atoms with Crippen molar-refractivity contribution in [1.82, 2.24) is 34.3 Å². The number of pyridine rings is 2. The van der Waals surface area contributed by atoms with Crippen LogP contribution in [0, 0.1) is 0 Å². The van der Waals surface area contributed by atoms with Gasteiger partial charge in [-0.3, -0.25) is 4.79 Å². The maximum Gasteiger partial charge on any atom is 0.275 e. The minimum Gasteiger partial charge on any atom is -0.375 e. The fourth-order valence-electron chi connectivity index (χ4n) is 3.80. The van der Waals surface area contributed by atoms with E-state index in [9.17, 15) is 4.79 Å². The Labute approximate surface area is 208 Å². The Hall–Kier alpha value is -4.44. The molecule has 4 aromatic heterocycles. The van der Waals surface area contributed by atoms with Crippen molar-refractivity contribution < 1.29 is 9.53 Å². The van der Waals surface area contributed by atoms with Crippen LogP contribution in [0.3, 0.4) is 0 Å². The van der Waals surface area contributed by atoms with Gasteiger partial charge in [-0.05, 0) is 37.6 Å². The molecule has 0 saturated heterocycles. The topological polar surface area (TPSA) is 113 Å². The van der Waals surface area contributed by atoms with Gasteiger partial charge in [0.1, 0.15) is 29.0 Å². The lowest BCUT2D eigenvalue weighted by molar-refractivity contribution is 0.102.